The summed E-state index contributed by atoms with van der Waals surface area (Å²) in [5, 5.41) is 2.74. The first kappa shape index (κ1) is 16.7. The first-order valence-corrected chi connectivity index (χ1v) is 8.96. The van der Waals surface area contributed by atoms with Gasteiger partial charge in [0.05, 0.1) is 23.1 Å². The van der Waals surface area contributed by atoms with E-state index in [-0.39, 0.29) is 5.56 Å². The molecule has 0 aliphatic carbocycles. The van der Waals surface area contributed by atoms with Crippen LogP contribution in [0.15, 0.2) is 42.5 Å². The highest BCUT2D eigenvalue weighted by Gasteiger charge is 2.14. The molecular formula is C20H21FN4O. The minimum absolute atomic E-state index is 0.0306. The van der Waals surface area contributed by atoms with E-state index in [1.807, 2.05) is 12.1 Å². The second-order valence-corrected chi connectivity index (χ2v) is 6.69. The summed E-state index contributed by atoms with van der Waals surface area (Å²) in [5.41, 5.74) is 2.37. The first-order valence-electron chi connectivity index (χ1n) is 8.96. The van der Waals surface area contributed by atoms with Crippen LogP contribution in [0.3, 0.4) is 0 Å². The Morgan fingerprint density at radius 3 is 2.77 bits per heavy atom. The van der Waals surface area contributed by atoms with Crippen LogP contribution in [0.4, 0.5) is 10.1 Å². The highest BCUT2D eigenvalue weighted by molar-refractivity contribution is 6.05. The van der Waals surface area contributed by atoms with Gasteiger partial charge in [0.2, 0.25) is 0 Å². The van der Waals surface area contributed by atoms with E-state index in [0.29, 0.717) is 5.69 Å². The predicted molar refractivity (Wildman–Crippen MR) is 99.6 cm³/mol. The van der Waals surface area contributed by atoms with Crippen LogP contribution < -0.4 is 5.32 Å². The zero-order chi connectivity index (χ0) is 17.9. The number of rotatable bonds is 4. The summed E-state index contributed by atoms with van der Waals surface area (Å²) in [6, 6.07) is 11.4. The van der Waals surface area contributed by atoms with Gasteiger partial charge in [-0.15, -0.1) is 0 Å². The Bertz CT molecular complexity index is 930. The van der Waals surface area contributed by atoms with E-state index < -0.39 is 11.7 Å². The molecule has 1 fully saturated rings. The molecule has 1 amide bonds. The van der Waals surface area contributed by atoms with Crippen molar-refractivity contribution in [3.63, 3.8) is 0 Å². The maximum Gasteiger partial charge on any atom is 0.258 e. The second kappa shape index (κ2) is 7.25. The molecule has 1 aliphatic heterocycles. The number of anilines is 1. The van der Waals surface area contributed by atoms with Crippen LogP contribution in [-0.4, -0.2) is 33.9 Å². The number of H-pyrrole nitrogens is 1. The summed E-state index contributed by atoms with van der Waals surface area (Å²) >= 11 is 0. The average Bonchev–Trinajstić information content (AvgIpc) is 3.04. The number of likely N-dealkylation sites (tertiary alicyclic amines) is 1. The molecule has 0 atom stereocenters. The summed E-state index contributed by atoms with van der Waals surface area (Å²) in [5.74, 6) is -0.0635. The zero-order valence-electron chi connectivity index (χ0n) is 14.5. The van der Waals surface area contributed by atoms with Crippen LogP contribution >= 0.6 is 0 Å². The fourth-order valence-electron chi connectivity index (χ4n) is 3.39. The third kappa shape index (κ3) is 3.60. The lowest BCUT2D eigenvalue weighted by Gasteiger charge is -2.25. The Morgan fingerprint density at radius 1 is 1.15 bits per heavy atom. The molecule has 1 aliphatic rings. The molecule has 1 saturated heterocycles. The number of carbonyl (C=O) groups is 1. The van der Waals surface area contributed by atoms with Crippen molar-refractivity contribution in [1.29, 1.82) is 0 Å². The van der Waals surface area contributed by atoms with Gasteiger partial charge in [-0.2, -0.15) is 0 Å². The smallest absolute Gasteiger partial charge is 0.258 e. The molecule has 2 N–H and O–H groups in total. The van der Waals surface area contributed by atoms with Crippen molar-refractivity contribution in [2.75, 3.05) is 18.4 Å². The first-order chi connectivity index (χ1) is 12.7. The molecule has 2 heterocycles. The highest BCUT2D eigenvalue weighted by Crippen LogP contribution is 2.20. The predicted octanol–water partition coefficient (Wildman–Crippen LogP) is 3.94. The molecule has 6 heteroatoms. The minimum atomic E-state index is -0.531. The third-order valence-corrected chi connectivity index (χ3v) is 4.73. The molecule has 0 saturated carbocycles. The van der Waals surface area contributed by atoms with Crippen molar-refractivity contribution in [1.82, 2.24) is 14.9 Å². The number of amides is 1. The van der Waals surface area contributed by atoms with E-state index in [0.717, 1.165) is 36.5 Å². The number of carbonyl (C=O) groups excluding carboxylic acids is 1. The van der Waals surface area contributed by atoms with Crippen LogP contribution in [0.25, 0.3) is 11.0 Å². The van der Waals surface area contributed by atoms with Gasteiger partial charge in [-0.25, -0.2) is 9.37 Å². The Balaban J connectivity index is 1.50. The van der Waals surface area contributed by atoms with E-state index in [4.69, 9.17) is 0 Å². The number of halogens is 1. The number of benzene rings is 2. The summed E-state index contributed by atoms with van der Waals surface area (Å²) in [6.07, 6.45) is 3.79. The number of nitrogens with one attached hydrogen (secondary N) is 2. The highest BCUT2D eigenvalue weighted by atomic mass is 19.1. The molecule has 5 nitrogen and oxygen atoms in total. The van der Waals surface area contributed by atoms with Crippen LogP contribution in [0.2, 0.25) is 0 Å². The monoisotopic (exact) mass is 352 g/mol. The van der Waals surface area contributed by atoms with Gasteiger partial charge >= 0.3 is 0 Å². The molecular weight excluding hydrogens is 331 g/mol. The van der Waals surface area contributed by atoms with Crippen LogP contribution in [0, 0.1) is 5.82 Å². The summed E-state index contributed by atoms with van der Waals surface area (Å²) < 4.78 is 13.7. The van der Waals surface area contributed by atoms with Gasteiger partial charge in [0, 0.05) is 5.69 Å². The number of imidazole rings is 1. The Morgan fingerprint density at radius 2 is 1.96 bits per heavy atom. The van der Waals surface area contributed by atoms with E-state index in [2.05, 4.69) is 20.2 Å². The van der Waals surface area contributed by atoms with Crippen molar-refractivity contribution in [3.05, 3.63) is 59.7 Å². The number of nitrogens with zero attached hydrogens (tertiary/aromatic N) is 2. The van der Waals surface area contributed by atoms with Crippen molar-refractivity contribution in [2.45, 2.75) is 25.8 Å². The topological polar surface area (TPSA) is 61.0 Å². The van der Waals surface area contributed by atoms with Crippen LogP contribution in [0.1, 0.15) is 35.4 Å². The van der Waals surface area contributed by atoms with Crippen molar-refractivity contribution >= 4 is 22.6 Å². The van der Waals surface area contributed by atoms with Gasteiger partial charge in [0.15, 0.2) is 0 Å². The van der Waals surface area contributed by atoms with E-state index >= 15 is 0 Å². The molecule has 2 aromatic carbocycles. The number of hydrogen-bond donors (Lipinski definition) is 2. The summed E-state index contributed by atoms with van der Waals surface area (Å²) in [4.78, 5) is 22.6. The standard InChI is InChI=1S/C20H21FN4O/c21-16-7-3-2-6-15(16)20(26)22-14-8-9-17-18(12-14)24-19(23-17)13-25-10-4-1-5-11-25/h2-3,6-9,12H,1,4-5,10-11,13H2,(H,22,26)(H,23,24). The Hall–Kier alpha value is -2.73. The molecule has 4 rings (SSSR count). The van der Waals surface area contributed by atoms with Crippen molar-refractivity contribution < 1.29 is 9.18 Å². The maximum absolute atomic E-state index is 13.7. The van der Waals surface area contributed by atoms with Gasteiger partial charge in [0.25, 0.3) is 5.91 Å². The lowest BCUT2D eigenvalue weighted by atomic mass is 10.1. The van der Waals surface area contributed by atoms with Gasteiger partial charge in [-0.3, -0.25) is 9.69 Å². The molecule has 0 spiro atoms. The fraction of sp³-hybridized carbons (Fsp3) is 0.300. The summed E-state index contributed by atoms with van der Waals surface area (Å²) in [7, 11) is 0. The molecule has 0 unspecified atom stereocenters. The summed E-state index contributed by atoms with van der Waals surface area (Å²) in [6.45, 7) is 3.04. The van der Waals surface area contributed by atoms with Crippen LogP contribution in [0.5, 0.6) is 0 Å². The lowest BCUT2D eigenvalue weighted by Crippen LogP contribution is -2.29. The SMILES string of the molecule is O=C(Nc1ccc2nc(CN3CCCCC3)[nH]c2c1)c1ccccc1F. The van der Waals surface area contributed by atoms with Crippen molar-refractivity contribution in [2.24, 2.45) is 0 Å². The fourth-order valence-corrected chi connectivity index (χ4v) is 3.39. The Labute approximate surface area is 151 Å². The lowest BCUT2D eigenvalue weighted by molar-refractivity contribution is 0.102. The molecule has 134 valence electrons. The number of aromatic nitrogens is 2. The number of piperidine rings is 1. The normalized spacial score (nSPS) is 15.3. The maximum atomic E-state index is 13.7. The Kier molecular flexibility index (Phi) is 4.67. The van der Waals surface area contributed by atoms with E-state index in [1.165, 1.54) is 31.4 Å². The largest absolute Gasteiger partial charge is 0.341 e. The van der Waals surface area contributed by atoms with E-state index in [1.54, 1.807) is 18.2 Å². The quantitative estimate of drug-likeness (QED) is 0.748. The van der Waals surface area contributed by atoms with Crippen LogP contribution in [-0.2, 0) is 6.54 Å². The zero-order valence-corrected chi connectivity index (χ0v) is 14.5. The molecule has 3 aromatic rings. The minimum Gasteiger partial charge on any atom is -0.341 e. The molecule has 0 radical (unpaired) electrons. The van der Waals surface area contributed by atoms with E-state index in [9.17, 15) is 9.18 Å². The second-order valence-electron chi connectivity index (χ2n) is 6.69. The van der Waals surface area contributed by atoms with Crippen molar-refractivity contribution in [3.8, 4) is 0 Å². The van der Waals surface area contributed by atoms with Gasteiger partial charge in [-0.05, 0) is 56.3 Å². The van der Waals surface area contributed by atoms with Gasteiger partial charge < -0.3 is 10.3 Å². The number of fused-ring (bicyclic) bond motifs is 1. The average molecular weight is 352 g/mol. The van der Waals surface area contributed by atoms with Gasteiger partial charge in [0.1, 0.15) is 11.6 Å². The molecule has 1 aromatic heterocycles. The van der Waals surface area contributed by atoms with Gasteiger partial charge in [-0.1, -0.05) is 18.6 Å². The molecule has 0 bridgehead atoms. The number of hydrogen-bond acceptors (Lipinski definition) is 3. The third-order valence-electron chi connectivity index (χ3n) is 4.73. The number of aromatic amines is 1. The molecule has 26 heavy (non-hydrogen) atoms.